The van der Waals surface area contributed by atoms with Gasteiger partial charge in [-0.15, -0.1) is 0 Å². The van der Waals surface area contributed by atoms with Gasteiger partial charge in [-0.3, -0.25) is 0 Å². The maximum atomic E-state index is 5.54. The van der Waals surface area contributed by atoms with Crippen LogP contribution in [-0.4, -0.2) is 29.6 Å². The Hall–Kier alpha value is 0.420. The molecule has 2 heterocycles. The summed E-state index contributed by atoms with van der Waals surface area (Å²) >= 11 is 7.60. The average molecular weight is 308 g/mol. The van der Waals surface area contributed by atoms with Crippen molar-refractivity contribution >= 4 is 39.5 Å². The number of nitrogens with one attached hydrogen (secondary N) is 1. The van der Waals surface area contributed by atoms with E-state index in [4.69, 9.17) is 4.42 Å². The van der Waals surface area contributed by atoms with E-state index in [1.807, 2.05) is 36.6 Å². The van der Waals surface area contributed by atoms with Gasteiger partial charge in [-0.1, -0.05) is 0 Å². The SMILES string of the molecule is CNC(c1occc1Br)C1CSCCS1. The lowest BCUT2D eigenvalue weighted by molar-refractivity contribution is 0.428. The Kier molecular flexibility index (Phi) is 4.49. The van der Waals surface area contributed by atoms with Crippen LogP contribution in [0.25, 0.3) is 0 Å². The number of rotatable bonds is 3. The van der Waals surface area contributed by atoms with Gasteiger partial charge in [0.15, 0.2) is 0 Å². The third kappa shape index (κ3) is 2.75. The van der Waals surface area contributed by atoms with Crippen LogP contribution in [0, 0.1) is 0 Å². The van der Waals surface area contributed by atoms with Crippen LogP contribution in [0.3, 0.4) is 0 Å². The molecule has 0 radical (unpaired) electrons. The van der Waals surface area contributed by atoms with E-state index in [0.717, 1.165) is 10.2 Å². The van der Waals surface area contributed by atoms with Crippen molar-refractivity contribution < 1.29 is 4.42 Å². The lowest BCUT2D eigenvalue weighted by Crippen LogP contribution is -2.31. The first-order valence-electron chi connectivity index (χ1n) is 4.92. The number of hydrogen-bond acceptors (Lipinski definition) is 4. The molecule has 0 spiro atoms. The van der Waals surface area contributed by atoms with Crippen LogP contribution in [0.15, 0.2) is 21.2 Å². The Labute approximate surface area is 107 Å². The average Bonchev–Trinajstić information content (AvgIpc) is 2.68. The summed E-state index contributed by atoms with van der Waals surface area (Å²) in [5, 5.41) is 3.96. The van der Waals surface area contributed by atoms with E-state index in [2.05, 4.69) is 21.2 Å². The molecule has 0 aromatic carbocycles. The highest BCUT2D eigenvalue weighted by atomic mass is 79.9. The molecule has 0 amide bonds. The molecular weight excluding hydrogens is 294 g/mol. The smallest absolute Gasteiger partial charge is 0.135 e. The van der Waals surface area contributed by atoms with Crippen molar-refractivity contribution in [3.63, 3.8) is 0 Å². The molecule has 1 aliphatic heterocycles. The van der Waals surface area contributed by atoms with Crippen LogP contribution in [-0.2, 0) is 0 Å². The summed E-state index contributed by atoms with van der Waals surface area (Å²) in [6.07, 6.45) is 1.74. The van der Waals surface area contributed by atoms with Gasteiger partial charge in [0.2, 0.25) is 0 Å². The van der Waals surface area contributed by atoms with Crippen LogP contribution >= 0.6 is 39.5 Å². The van der Waals surface area contributed by atoms with Gasteiger partial charge in [-0.25, -0.2) is 0 Å². The van der Waals surface area contributed by atoms with Crippen LogP contribution in [0.4, 0.5) is 0 Å². The summed E-state index contributed by atoms with van der Waals surface area (Å²) in [4.78, 5) is 0. The molecule has 15 heavy (non-hydrogen) atoms. The fraction of sp³-hybridized carbons (Fsp3) is 0.600. The van der Waals surface area contributed by atoms with Crippen molar-refractivity contribution in [2.24, 2.45) is 0 Å². The summed E-state index contributed by atoms with van der Waals surface area (Å²) in [5.41, 5.74) is 0. The summed E-state index contributed by atoms with van der Waals surface area (Å²) in [7, 11) is 2.00. The zero-order chi connectivity index (χ0) is 10.7. The fourth-order valence-corrected chi connectivity index (χ4v) is 5.04. The Balaban J connectivity index is 2.12. The molecule has 0 bridgehead atoms. The van der Waals surface area contributed by atoms with Gasteiger partial charge in [0.25, 0.3) is 0 Å². The third-order valence-electron chi connectivity index (χ3n) is 2.45. The summed E-state index contributed by atoms with van der Waals surface area (Å²) in [6.45, 7) is 0. The highest BCUT2D eigenvalue weighted by molar-refractivity contribution is 9.10. The van der Waals surface area contributed by atoms with Crippen molar-refractivity contribution in [1.29, 1.82) is 0 Å². The van der Waals surface area contributed by atoms with Gasteiger partial charge in [0, 0.05) is 22.5 Å². The molecule has 2 rings (SSSR count). The van der Waals surface area contributed by atoms with Crippen molar-refractivity contribution in [2.75, 3.05) is 24.3 Å². The van der Waals surface area contributed by atoms with Crippen molar-refractivity contribution in [3.8, 4) is 0 Å². The fourth-order valence-electron chi connectivity index (χ4n) is 1.71. The Bertz CT molecular complexity index is 312. The summed E-state index contributed by atoms with van der Waals surface area (Å²) in [6, 6.07) is 2.27. The van der Waals surface area contributed by atoms with Gasteiger partial charge in [-0.2, -0.15) is 23.5 Å². The van der Waals surface area contributed by atoms with Crippen molar-refractivity contribution in [2.45, 2.75) is 11.3 Å². The molecule has 2 nitrogen and oxygen atoms in total. The number of furan rings is 1. The molecule has 0 saturated carbocycles. The maximum Gasteiger partial charge on any atom is 0.135 e. The Morgan fingerprint density at radius 2 is 2.47 bits per heavy atom. The monoisotopic (exact) mass is 307 g/mol. The Morgan fingerprint density at radius 3 is 3.00 bits per heavy atom. The van der Waals surface area contributed by atoms with E-state index in [-0.39, 0.29) is 0 Å². The largest absolute Gasteiger partial charge is 0.466 e. The first-order chi connectivity index (χ1) is 7.33. The second kappa shape index (κ2) is 5.66. The molecule has 84 valence electrons. The number of halogens is 1. The van der Waals surface area contributed by atoms with Gasteiger partial charge >= 0.3 is 0 Å². The predicted octanol–water partition coefficient (Wildman–Crippen LogP) is 3.15. The molecule has 2 atom stereocenters. The maximum absolute atomic E-state index is 5.54. The zero-order valence-electron chi connectivity index (χ0n) is 8.53. The third-order valence-corrected chi connectivity index (χ3v) is 5.97. The highest BCUT2D eigenvalue weighted by Gasteiger charge is 2.28. The van der Waals surface area contributed by atoms with Crippen LogP contribution in [0.1, 0.15) is 11.8 Å². The van der Waals surface area contributed by atoms with Crippen LogP contribution in [0.5, 0.6) is 0 Å². The summed E-state index contributed by atoms with van der Waals surface area (Å²) in [5.74, 6) is 4.74. The van der Waals surface area contributed by atoms with E-state index in [1.54, 1.807) is 6.26 Å². The summed E-state index contributed by atoms with van der Waals surface area (Å²) < 4.78 is 6.61. The standard InChI is InChI=1S/C10H14BrNOS2/c1-12-9(8-6-14-4-5-15-8)10-7(11)2-3-13-10/h2-3,8-9,12H,4-6H2,1H3. The lowest BCUT2D eigenvalue weighted by atomic mass is 10.1. The van der Waals surface area contributed by atoms with Crippen molar-refractivity contribution in [1.82, 2.24) is 5.32 Å². The second-order valence-corrected chi connectivity index (χ2v) is 6.73. The lowest BCUT2D eigenvalue weighted by Gasteiger charge is -2.28. The van der Waals surface area contributed by atoms with E-state index in [1.165, 1.54) is 17.3 Å². The van der Waals surface area contributed by atoms with Gasteiger partial charge in [-0.05, 0) is 29.0 Å². The van der Waals surface area contributed by atoms with Crippen molar-refractivity contribution in [3.05, 3.63) is 22.6 Å². The van der Waals surface area contributed by atoms with Gasteiger partial charge in [0.05, 0.1) is 16.8 Å². The first kappa shape index (κ1) is 11.9. The quantitative estimate of drug-likeness (QED) is 0.927. The normalized spacial score (nSPS) is 24.0. The molecule has 2 unspecified atom stereocenters. The first-order valence-corrected chi connectivity index (χ1v) is 7.92. The minimum Gasteiger partial charge on any atom is -0.466 e. The molecule has 1 aromatic rings. The molecule has 1 aliphatic rings. The molecule has 5 heteroatoms. The van der Waals surface area contributed by atoms with Crippen LogP contribution in [0.2, 0.25) is 0 Å². The van der Waals surface area contributed by atoms with E-state index >= 15 is 0 Å². The second-order valence-electron chi connectivity index (χ2n) is 3.38. The topological polar surface area (TPSA) is 25.2 Å². The van der Waals surface area contributed by atoms with E-state index in [9.17, 15) is 0 Å². The zero-order valence-corrected chi connectivity index (χ0v) is 11.8. The van der Waals surface area contributed by atoms with E-state index in [0.29, 0.717) is 11.3 Å². The Morgan fingerprint density at radius 1 is 1.60 bits per heavy atom. The minimum absolute atomic E-state index is 0.312. The number of thioether (sulfide) groups is 2. The van der Waals surface area contributed by atoms with Gasteiger partial charge in [0.1, 0.15) is 5.76 Å². The molecule has 1 saturated heterocycles. The molecule has 0 aliphatic carbocycles. The van der Waals surface area contributed by atoms with Gasteiger partial charge < -0.3 is 9.73 Å². The minimum atomic E-state index is 0.312. The molecule has 1 aromatic heterocycles. The van der Waals surface area contributed by atoms with Crippen LogP contribution < -0.4 is 5.32 Å². The van der Waals surface area contributed by atoms with E-state index < -0.39 is 0 Å². The molecule has 1 fully saturated rings. The molecular formula is C10H14BrNOS2. The highest BCUT2D eigenvalue weighted by Crippen LogP contribution is 2.36. The predicted molar refractivity (Wildman–Crippen MR) is 71.8 cm³/mol. The number of hydrogen-bond donors (Lipinski definition) is 1. The molecule has 1 N–H and O–H groups in total.